The fourth-order valence-corrected chi connectivity index (χ4v) is 2.28. The van der Waals surface area contributed by atoms with Crippen molar-refractivity contribution in [1.82, 2.24) is 24.7 Å². The molecule has 0 unspecified atom stereocenters. The number of sulfonamides is 1. The minimum absolute atomic E-state index is 0.133. The average Bonchev–Trinajstić information content (AvgIpc) is 2.89. The number of aromatic amines is 1. The summed E-state index contributed by atoms with van der Waals surface area (Å²) in [4.78, 5) is 0.133. The maximum Gasteiger partial charge on any atom is 0.243 e. The van der Waals surface area contributed by atoms with E-state index < -0.39 is 10.0 Å². The van der Waals surface area contributed by atoms with Crippen LogP contribution < -0.4 is 4.72 Å². The second kappa shape index (κ2) is 4.68. The third-order valence-electron chi connectivity index (χ3n) is 2.18. The number of aromatic nitrogens is 4. The van der Waals surface area contributed by atoms with Gasteiger partial charge in [-0.3, -0.25) is 9.78 Å². The molecule has 17 heavy (non-hydrogen) atoms. The zero-order valence-corrected chi connectivity index (χ0v) is 10.1. The van der Waals surface area contributed by atoms with Gasteiger partial charge in [0.15, 0.2) is 0 Å². The van der Waals surface area contributed by atoms with Crippen molar-refractivity contribution in [3.63, 3.8) is 0 Å². The fraction of sp³-hybridized carbons (Fsp3) is 0.333. The van der Waals surface area contributed by atoms with Crippen LogP contribution in [-0.4, -0.2) is 34.9 Å². The monoisotopic (exact) mass is 255 g/mol. The topological polar surface area (TPSA) is 92.7 Å². The molecule has 0 spiro atoms. The Labute approximate surface area is 98.9 Å². The number of rotatable bonds is 5. The quantitative estimate of drug-likeness (QED) is 0.780. The van der Waals surface area contributed by atoms with E-state index >= 15 is 0 Å². The number of hydrogen-bond acceptors (Lipinski definition) is 4. The standard InChI is InChI=1S/C9H13N5O2S/c1-8-4-12-14(7-8)3-2-13-17(15,16)9-5-10-11-6-9/h4-7,13H,2-3H2,1H3,(H,10,11). The smallest absolute Gasteiger partial charge is 0.243 e. The minimum atomic E-state index is -3.47. The van der Waals surface area contributed by atoms with Crippen molar-refractivity contribution >= 4 is 10.0 Å². The Morgan fingerprint density at radius 3 is 2.88 bits per heavy atom. The lowest BCUT2D eigenvalue weighted by Crippen LogP contribution is -2.27. The number of H-pyrrole nitrogens is 1. The minimum Gasteiger partial charge on any atom is -0.284 e. The lowest BCUT2D eigenvalue weighted by molar-refractivity contribution is 0.561. The van der Waals surface area contributed by atoms with E-state index in [2.05, 4.69) is 20.0 Å². The number of nitrogens with one attached hydrogen (secondary N) is 2. The molecule has 2 rings (SSSR count). The highest BCUT2D eigenvalue weighted by atomic mass is 32.2. The van der Waals surface area contributed by atoms with Crippen LogP contribution in [0.15, 0.2) is 29.7 Å². The molecule has 0 aromatic carbocycles. The van der Waals surface area contributed by atoms with Crippen LogP contribution in [0.5, 0.6) is 0 Å². The van der Waals surface area contributed by atoms with Gasteiger partial charge in [-0.1, -0.05) is 0 Å². The van der Waals surface area contributed by atoms with E-state index in [1.165, 1.54) is 12.4 Å². The van der Waals surface area contributed by atoms with E-state index in [1.807, 2.05) is 13.1 Å². The third-order valence-corrected chi connectivity index (χ3v) is 3.61. The van der Waals surface area contributed by atoms with Crippen LogP contribution in [-0.2, 0) is 16.6 Å². The molecule has 0 saturated carbocycles. The van der Waals surface area contributed by atoms with Gasteiger partial charge in [0.1, 0.15) is 4.90 Å². The van der Waals surface area contributed by atoms with Gasteiger partial charge in [-0.25, -0.2) is 13.1 Å². The van der Waals surface area contributed by atoms with Gasteiger partial charge < -0.3 is 0 Å². The van der Waals surface area contributed by atoms with Gasteiger partial charge >= 0.3 is 0 Å². The largest absolute Gasteiger partial charge is 0.284 e. The van der Waals surface area contributed by atoms with E-state index in [-0.39, 0.29) is 11.4 Å². The van der Waals surface area contributed by atoms with Crippen LogP contribution in [0.2, 0.25) is 0 Å². The van der Waals surface area contributed by atoms with Gasteiger partial charge in [0.05, 0.1) is 18.9 Å². The maximum absolute atomic E-state index is 11.7. The zero-order chi connectivity index (χ0) is 12.3. The maximum atomic E-state index is 11.7. The Kier molecular flexibility index (Phi) is 3.25. The Balaban J connectivity index is 1.91. The highest BCUT2D eigenvalue weighted by molar-refractivity contribution is 7.89. The van der Waals surface area contributed by atoms with Gasteiger partial charge in [0, 0.05) is 18.9 Å². The van der Waals surface area contributed by atoms with Crippen molar-refractivity contribution in [2.45, 2.75) is 18.4 Å². The molecule has 0 saturated heterocycles. The molecule has 0 atom stereocenters. The molecule has 0 aliphatic carbocycles. The lowest BCUT2D eigenvalue weighted by atomic mass is 10.4. The van der Waals surface area contributed by atoms with Crippen molar-refractivity contribution in [3.05, 3.63) is 30.4 Å². The molecule has 0 radical (unpaired) electrons. The number of aryl methyl sites for hydroxylation is 1. The first-order valence-electron chi connectivity index (χ1n) is 5.05. The average molecular weight is 255 g/mol. The molecule has 0 aliphatic heterocycles. The lowest BCUT2D eigenvalue weighted by Gasteiger charge is -2.04. The molecular formula is C9H13N5O2S. The van der Waals surface area contributed by atoms with Crippen LogP contribution in [0, 0.1) is 6.92 Å². The highest BCUT2D eigenvalue weighted by Gasteiger charge is 2.13. The van der Waals surface area contributed by atoms with Crippen LogP contribution >= 0.6 is 0 Å². The van der Waals surface area contributed by atoms with Crippen molar-refractivity contribution in [3.8, 4) is 0 Å². The van der Waals surface area contributed by atoms with E-state index in [4.69, 9.17) is 0 Å². The van der Waals surface area contributed by atoms with Crippen LogP contribution in [0.4, 0.5) is 0 Å². The van der Waals surface area contributed by atoms with Gasteiger partial charge in [-0.15, -0.1) is 0 Å². The summed E-state index contributed by atoms with van der Waals surface area (Å²) in [5, 5.41) is 10.1. The molecule has 92 valence electrons. The van der Waals surface area contributed by atoms with Crippen LogP contribution in [0.1, 0.15) is 5.56 Å². The summed E-state index contributed by atoms with van der Waals surface area (Å²) < 4.78 is 27.5. The molecule has 2 heterocycles. The van der Waals surface area contributed by atoms with Gasteiger partial charge in [-0.2, -0.15) is 10.2 Å². The second-order valence-electron chi connectivity index (χ2n) is 3.61. The fourth-order valence-electron chi connectivity index (χ4n) is 1.35. The summed E-state index contributed by atoms with van der Waals surface area (Å²) in [6.07, 6.45) is 6.18. The van der Waals surface area contributed by atoms with Gasteiger partial charge in [0.2, 0.25) is 10.0 Å². The second-order valence-corrected chi connectivity index (χ2v) is 5.38. The molecule has 2 N–H and O–H groups in total. The molecule has 0 fully saturated rings. The summed E-state index contributed by atoms with van der Waals surface area (Å²) in [6, 6.07) is 0. The molecular weight excluding hydrogens is 242 g/mol. The third kappa shape index (κ3) is 2.92. The van der Waals surface area contributed by atoms with Crippen molar-refractivity contribution in [2.24, 2.45) is 0 Å². The predicted molar refractivity (Wildman–Crippen MR) is 60.7 cm³/mol. The summed E-state index contributed by atoms with van der Waals surface area (Å²) >= 11 is 0. The molecule has 2 aromatic heterocycles. The van der Waals surface area contributed by atoms with Gasteiger partial charge in [0.25, 0.3) is 0 Å². The Morgan fingerprint density at radius 1 is 1.47 bits per heavy atom. The van der Waals surface area contributed by atoms with Crippen molar-refractivity contribution in [1.29, 1.82) is 0 Å². The first-order valence-corrected chi connectivity index (χ1v) is 6.54. The summed E-state index contributed by atoms with van der Waals surface area (Å²) in [7, 11) is -3.47. The Bertz CT molecular complexity index is 572. The van der Waals surface area contributed by atoms with Crippen LogP contribution in [0.3, 0.4) is 0 Å². The molecule has 7 nitrogen and oxygen atoms in total. The SMILES string of the molecule is Cc1cnn(CCNS(=O)(=O)c2cn[nH]c2)c1. The first kappa shape index (κ1) is 11.8. The predicted octanol–water partition coefficient (Wildman–Crippen LogP) is -0.107. The van der Waals surface area contributed by atoms with E-state index in [9.17, 15) is 8.42 Å². The Morgan fingerprint density at radius 2 is 2.29 bits per heavy atom. The van der Waals surface area contributed by atoms with Crippen molar-refractivity contribution in [2.75, 3.05) is 6.54 Å². The normalized spacial score (nSPS) is 11.8. The highest BCUT2D eigenvalue weighted by Crippen LogP contribution is 2.03. The summed E-state index contributed by atoms with van der Waals surface area (Å²) in [5.41, 5.74) is 1.04. The first-order chi connectivity index (χ1) is 8.08. The van der Waals surface area contributed by atoms with E-state index in [1.54, 1.807) is 10.9 Å². The molecule has 8 heteroatoms. The number of hydrogen-bond donors (Lipinski definition) is 2. The van der Waals surface area contributed by atoms with Crippen LogP contribution in [0.25, 0.3) is 0 Å². The molecule has 0 amide bonds. The van der Waals surface area contributed by atoms with Crippen molar-refractivity contribution < 1.29 is 8.42 Å². The molecule has 0 bridgehead atoms. The van der Waals surface area contributed by atoms with E-state index in [0.717, 1.165) is 5.56 Å². The van der Waals surface area contributed by atoms with E-state index in [0.29, 0.717) is 6.54 Å². The summed E-state index contributed by atoms with van der Waals surface area (Å²) in [5.74, 6) is 0. The summed E-state index contributed by atoms with van der Waals surface area (Å²) in [6.45, 7) is 2.71. The van der Waals surface area contributed by atoms with Gasteiger partial charge in [-0.05, 0) is 12.5 Å². The molecule has 2 aromatic rings. The zero-order valence-electron chi connectivity index (χ0n) is 9.29. The molecule has 0 aliphatic rings. The Hall–Kier alpha value is -1.67. The number of nitrogens with zero attached hydrogens (tertiary/aromatic N) is 3.